The molecule has 1 atom stereocenters. The standard InChI is InChI=1S/C17H17NO/c1-12-5-4-6-13(9-12)10-16-17(19)11-14-7-2-3-8-15(14)18-16/h2-9,16,18H,10-11H2,1H3/t16-/m1/s1. The number of hydrogen-bond acceptors (Lipinski definition) is 2. The zero-order chi connectivity index (χ0) is 13.2. The minimum absolute atomic E-state index is 0.100. The lowest BCUT2D eigenvalue weighted by Crippen LogP contribution is -2.37. The van der Waals surface area contributed by atoms with Gasteiger partial charge in [-0.25, -0.2) is 0 Å². The van der Waals surface area contributed by atoms with E-state index >= 15 is 0 Å². The fourth-order valence-corrected chi connectivity index (χ4v) is 2.63. The molecule has 1 aliphatic heterocycles. The Hall–Kier alpha value is -2.09. The number of Topliss-reactive ketones (excluding diaryl/α,β-unsaturated/α-hetero) is 1. The molecule has 19 heavy (non-hydrogen) atoms. The van der Waals surface area contributed by atoms with Gasteiger partial charge in [-0.05, 0) is 30.5 Å². The third-order valence-electron chi connectivity index (χ3n) is 3.62. The van der Waals surface area contributed by atoms with Crippen molar-refractivity contribution in [2.45, 2.75) is 25.8 Å². The van der Waals surface area contributed by atoms with Crippen LogP contribution in [0.5, 0.6) is 0 Å². The van der Waals surface area contributed by atoms with Crippen molar-refractivity contribution in [3.63, 3.8) is 0 Å². The van der Waals surface area contributed by atoms with Crippen LogP contribution in [0.1, 0.15) is 16.7 Å². The number of hydrogen-bond donors (Lipinski definition) is 1. The summed E-state index contributed by atoms with van der Waals surface area (Å²) in [4.78, 5) is 12.2. The van der Waals surface area contributed by atoms with Gasteiger partial charge in [-0.1, -0.05) is 48.0 Å². The Labute approximate surface area is 113 Å². The molecule has 1 aliphatic rings. The van der Waals surface area contributed by atoms with Crippen molar-refractivity contribution in [3.05, 3.63) is 65.2 Å². The lowest BCUT2D eigenvalue weighted by Gasteiger charge is -2.26. The largest absolute Gasteiger partial charge is 0.375 e. The summed E-state index contributed by atoms with van der Waals surface area (Å²) in [5, 5.41) is 3.37. The molecule has 2 aromatic rings. The Morgan fingerprint density at radius 1 is 1.16 bits per heavy atom. The van der Waals surface area contributed by atoms with Crippen molar-refractivity contribution < 1.29 is 4.79 Å². The average Bonchev–Trinajstić information content (AvgIpc) is 2.40. The number of carbonyl (C=O) groups is 1. The number of rotatable bonds is 2. The van der Waals surface area contributed by atoms with E-state index in [1.807, 2.05) is 30.3 Å². The highest BCUT2D eigenvalue weighted by atomic mass is 16.1. The lowest BCUT2D eigenvalue weighted by molar-refractivity contribution is -0.119. The number of ketones is 1. The van der Waals surface area contributed by atoms with Gasteiger partial charge in [0.25, 0.3) is 0 Å². The zero-order valence-corrected chi connectivity index (χ0v) is 11.0. The van der Waals surface area contributed by atoms with Crippen molar-refractivity contribution in [2.75, 3.05) is 5.32 Å². The highest BCUT2D eigenvalue weighted by molar-refractivity contribution is 5.93. The van der Waals surface area contributed by atoms with Gasteiger partial charge in [0, 0.05) is 12.1 Å². The minimum Gasteiger partial charge on any atom is -0.375 e. The van der Waals surface area contributed by atoms with Gasteiger partial charge in [0.1, 0.15) is 0 Å². The van der Waals surface area contributed by atoms with Crippen LogP contribution < -0.4 is 5.32 Å². The summed E-state index contributed by atoms with van der Waals surface area (Å²) >= 11 is 0. The van der Waals surface area contributed by atoms with E-state index in [0.29, 0.717) is 6.42 Å². The summed E-state index contributed by atoms with van der Waals surface area (Å²) in [6, 6.07) is 16.3. The monoisotopic (exact) mass is 251 g/mol. The van der Waals surface area contributed by atoms with Crippen molar-refractivity contribution in [3.8, 4) is 0 Å². The van der Waals surface area contributed by atoms with E-state index < -0.39 is 0 Å². The fraction of sp³-hybridized carbons (Fsp3) is 0.235. The maximum Gasteiger partial charge on any atom is 0.159 e. The maximum absolute atomic E-state index is 12.2. The molecule has 0 aromatic heterocycles. The normalized spacial score (nSPS) is 17.7. The third-order valence-corrected chi connectivity index (χ3v) is 3.62. The van der Waals surface area contributed by atoms with Crippen LogP contribution in [0.4, 0.5) is 5.69 Å². The first-order chi connectivity index (χ1) is 9.22. The molecule has 0 saturated carbocycles. The smallest absolute Gasteiger partial charge is 0.159 e. The molecule has 2 heteroatoms. The first-order valence-electron chi connectivity index (χ1n) is 6.65. The molecule has 1 heterocycles. The summed E-state index contributed by atoms with van der Waals surface area (Å²) in [5.74, 6) is 0.278. The van der Waals surface area contributed by atoms with E-state index in [0.717, 1.165) is 17.7 Å². The van der Waals surface area contributed by atoms with Gasteiger partial charge in [0.05, 0.1) is 6.04 Å². The van der Waals surface area contributed by atoms with Gasteiger partial charge < -0.3 is 5.32 Å². The molecule has 0 saturated heterocycles. The summed E-state index contributed by atoms with van der Waals surface area (Å²) in [6.07, 6.45) is 1.30. The predicted octanol–water partition coefficient (Wildman–Crippen LogP) is 3.14. The maximum atomic E-state index is 12.2. The average molecular weight is 251 g/mol. The van der Waals surface area contributed by atoms with Crippen LogP contribution in [0.3, 0.4) is 0 Å². The SMILES string of the molecule is Cc1cccc(C[C@H]2Nc3ccccc3CC2=O)c1. The first kappa shape index (κ1) is 12.0. The molecule has 0 radical (unpaired) electrons. The van der Waals surface area contributed by atoms with Crippen LogP contribution in [-0.2, 0) is 17.6 Å². The van der Waals surface area contributed by atoms with Gasteiger partial charge in [-0.2, -0.15) is 0 Å². The van der Waals surface area contributed by atoms with E-state index in [2.05, 4.69) is 30.4 Å². The number of nitrogens with one attached hydrogen (secondary N) is 1. The minimum atomic E-state index is -0.100. The molecule has 0 aliphatic carbocycles. The number of anilines is 1. The van der Waals surface area contributed by atoms with E-state index in [-0.39, 0.29) is 11.8 Å². The van der Waals surface area contributed by atoms with Crippen LogP contribution in [0.15, 0.2) is 48.5 Å². The van der Waals surface area contributed by atoms with Crippen molar-refractivity contribution in [2.24, 2.45) is 0 Å². The van der Waals surface area contributed by atoms with Crippen LogP contribution >= 0.6 is 0 Å². The fourth-order valence-electron chi connectivity index (χ4n) is 2.63. The Bertz CT molecular complexity index is 618. The molecule has 0 amide bonds. The zero-order valence-electron chi connectivity index (χ0n) is 11.0. The molecule has 0 unspecified atom stereocenters. The quantitative estimate of drug-likeness (QED) is 0.888. The van der Waals surface area contributed by atoms with Gasteiger partial charge in [-0.3, -0.25) is 4.79 Å². The Morgan fingerprint density at radius 3 is 2.84 bits per heavy atom. The number of para-hydroxylation sites is 1. The molecule has 0 bridgehead atoms. The molecule has 2 aromatic carbocycles. The summed E-state index contributed by atoms with van der Waals surface area (Å²) in [6.45, 7) is 2.08. The van der Waals surface area contributed by atoms with Crippen molar-refractivity contribution in [1.82, 2.24) is 0 Å². The number of fused-ring (bicyclic) bond motifs is 1. The second-order valence-corrected chi connectivity index (χ2v) is 5.19. The Morgan fingerprint density at radius 2 is 2.00 bits per heavy atom. The second-order valence-electron chi connectivity index (χ2n) is 5.19. The molecule has 0 spiro atoms. The van der Waals surface area contributed by atoms with Crippen LogP contribution in [0.2, 0.25) is 0 Å². The highest BCUT2D eigenvalue weighted by Gasteiger charge is 2.25. The Kier molecular flexibility index (Phi) is 3.08. The molecule has 2 nitrogen and oxygen atoms in total. The van der Waals surface area contributed by atoms with E-state index in [1.54, 1.807) is 0 Å². The molecule has 96 valence electrons. The van der Waals surface area contributed by atoms with Crippen LogP contribution in [0.25, 0.3) is 0 Å². The van der Waals surface area contributed by atoms with Crippen molar-refractivity contribution in [1.29, 1.82) is 0 Å². The van der Waals surface area contributed by atoms with Gasteiger partial charge in [0.15, 0.2) is 5.78 Å². The topological polar surface area (TPSA) is 29.1 Å². The molecule has 0 fully saturated rings. The van der Waals surface area contributed by atoms with Gasteiger partial charge >= 0.3 is 0 Å². The van der Waals surface area contributed by atoms with E-state index in [4.69, 9.17) is 0 Å². The van der Waals surface area contributed by atoms with E-state index in [1.165, 1.54) is 11.1 Å². The molecular weight excluding hydrogens is 234 g/mol. The molecular formula is C17H17NO. The van der Waals surface area contributed by atoms with E-state index in [9.17, 15) is 4.79 Å². The second kappa shape index (κ2) is 4.88. The van der Waals surface area contributed by atoms with Gasteiger partial charge in [-0.15, -0.1) is 0 Å². The highest BCUT2D eigenvalue weighted by Crippen LogP contribution is 2.24. The Balaban J connectivity index is 1.81. The lowest BCUT2D eigenvalue weighted by atomic mass is 9.92. The van der Waals surface area contributed by atoms with Crippen LogP contribution in [0, 0.1) is 6.92 Å². The first-order valence-corrected chi connectivity index (χ1v) is 6.65. The summed E-state index contributed by atoms with van der Waals surface area (Å²) in [7, 11) is 0. The number of carbonyl (C=O) groups excluding carboxylic acids is 1. The third kappa shape index (κ3) is 2.53. The van der Waals surface area contributed by atoms with Crippen LogP contribution in [-0.4, -0.2) is 11.8 Å². The predicted molar refractivity (Wildman–Crippen MR) is 77.4 cm³/mol. The summed E-state index contributed by atoms with van der Waals surface area (Å²) < 4.78 is 0. The van der Waals surface area contributed by atoms with Crippen molar-refractivity contribution >= 4 is 11.5 Å². The number of aryl methyl sites for hydroxylation is 1. The molecule has 1 N–H and O–H groups in total. The summed E-state index contributed by atoms with van der Waals surface area (Å²) in [5.41, 5.74) is 4.65. The molecule has 3 rings (SSSR count). The number of benzene rings is 2. The van der Waals surface area contributed by atoms with Gasteiger partial charge in [0.2, 0.25) is 0 Å².